The summed E-state index contributed by atoms with van der Waals surface area (Å²) in [6, 6.07) is 0. The zero-order valence-electron chi connectivity index (χ0n) is 21.9. The third-order valence-electron chi connectivity index (χ3n) is 6.99. The third-order valence-corrected chi connectivity index (χ3v) is 13.9. The number of halogens is 4. The Hall–Kier alpha value is -0.372. The minimum absolute atomic E-state index is 0. The first-order chi connectivity index (χ1) is 16.3. The van der Waals surface area contributed by atoms with E-state index < -0.39 is 23.1 Å². The summed E-state index contributed by atoms with van der Waals surface area (Å²) in [5.74, 6) is 0.0565. The number of hydrogen-bond acceptors (Lipinski definition) is 2. The van der Waals surface area contributed by atoms with E-state index in [1.165, 1.54) is 56.3 Å². The molecule has 2 fully saturated rings. The van der Waals surface area contributed by atoms with Crippen molar-refractivity contribution < 1.29 is 46.3 Å². The van der Waals surface area contributed by atoms with E-state index in [-0.39, 0.29) is 31.3 Å². The first-order valence-electron chi connectivity index (χ1n) is 12.6. The summed E-state index contributed by atoms with van der Waals surface area (Å²) in [6.45, 7) is 9.13. The van der Waals surface area contributed by atoms with E-state index in [2.05, 4.69) is 52.0 Å². The first kappa shape index (κ1) is 33.7. The van der Waals surface area contributed by atoms with Crippen molar-refractivity contribution in [2.45, 2.75) is 102 Å². The molecule has 3 heterocycles. The molecule has 3 aliphatic heterocycles. The summed E-state index contributed by atoms with van der Waals surface area (Å²) in [6.07, 6.45) is 18.8. The van der Waals surface area contributed by atoms with Gasteiger partial charge in [0.15, 0.2) is 0 Å². The second kappa shape index (κ2) is 15.3. The van der Waals surface area contributed by atoms with Crippen LogP contribution in [0.1, 0.15) is 79.1 Å². The molecule has 0 bridgehead atoms. The van der Waals surface area contributed by atoms with Gasteiger partial charge in [0.05, 0.1) is 10.6 Å². The topological polar surface area (TPSA) is 37.4 Å². The van der Waals surface area contributed by atoms with Crippen LogP contribution in [0.5, 0.6) is 0 Å². The van der Waals surface area contributed by atoms with E-state index in [0.717, 1.165) is 10.6 Å². The van der Waals surface area contributed by atoms with Crippen molar-refractivity contribution in [2.75, 3.05) is 7.05 Å². The molecular formula is C25H39BF4NO2P2Rh-. The number of carbonyl (C=O) groups is 2. The zero-order chi connectivity index (χ0) is 26.3. The van der Waals surface area contributed by atoms with Crippen LogP contribution in [0.25, 0.3) is 0 Å². The van der Waals surface area contributed by atoms with Gasteiger partial charge in [0.25, 0.3) is 11.8 Å². The summed E-state index contributed by atoms with van der Waals surface area (Å²) in [4.78, 5) is 27.1. The molecule has 2 amide bonds. The van der Waals surface area contributed by atoms with Crippen molar-refractivity contribution in [1.29, 1.82) is 0 Å². The molecule has 0 aromatic heterocycles. The van der Waals surface area contributed by atoms with Gasteiger partial charge in [0.1, 0.15) is 0 Å². The van der Waals surface area contributed by atoms with Crippen molar-refractivity contribution >= 4 is 34.9 Å². The molecule has 0 N–H and O–H groups in total. The number of carbonyl (C=O) groups excluding carboxylic acids is 2. The van der Waals surface area contributed by atoms with Crippen LogP contribution in [0.3, 0.4) is 0 Å². The minimum atomic E-state index is -6.00. The van der Waals surface area contributed by atoms with E-state index in [4.69, 9.17) is 0 Å². The number of likely N-dealkylation sites (N-methyl/N-ethyl adjacent to an activating group) is 1. The Balaban J connectivity index is 0.000000383. The van der Waals surface area contributed by atoms with Crippen LogP contribution in [0.2, 0.25) is 0 Å². The quantitative estimate of drug-likeness (QED) is 0.101. The Morgan fingerprint density at radius 1 is 0.667 bits per heavy atom. The number of amides is 2. The normalized spacial score (nSPS) is 34.1. The van der Waals surface area contributed by atoms with Crippen LogP contribution in [0.15, 0.2) is 34.9 Å². The van der Waals surface area contributed by atoms with Gasteiger partial charge in [0, 0.05) is 26.5 Å². The zero-order valence-corrected chi connectivity index (χ0v) is 25.3. The Bertz CT molecular complexity index is 754. The third kappa shape index (κ3) is 9.43. The van der Waals surface area contributed by atoms with Crippen molar-refractivity contribution in [2.24, 2.45) is 0 Å². The van der Waals surface area contributed by atoms with Crippen molar-refractivity contribution in [3.63, 3.8) is 0 Å². The smallest absolute Gasteiger partial charge is 0.418 e. The van der Waals surface area contributed by atoms with E-state index >= 15 is 0 Å². The van der Waals surface area contributed by atoms with Crippen LogP contribution >= 0.6 is 15.8 Å². The van der Waals surface area contributed by atoms with Crippen LogP contribution in [0, 0.1) is 0 Å². The van der Waals surface area contributed by atoms with Gasteiger partial charge in [-0.15, -0.1) is 0 Å². The molecule has 0 aromatic rings. The molecule has 4 rings (SSSR count). The fourth-order valence-electron chi connectivity index (χ4n) is 5.21. The van der Waals surface area contributed by atoms with Gasteiger partial charge in [0.2, 0.25) is 0 Å². The van der Waals surface area contributed by atoms with Crippen LogP contribution in [0.4, 0.5) is 17.3 Å². The Labute approximate surface area is 229 Å². The predicted molar refractivity (Wildman–Crippen MR) is 142 cm³/mol. The fraction of sp³-hybridized carbons (Fsp3) is 0.680. The maximum absolute atomic E-state index is 12.8. The number of allylic oxidation sites excluding steroid dienone is 4. The average molecular weight is 637 g/mol. The van der Waals surface area contributed by atoms with Gasteiger partial charge in [-0.3, -0.25) is 14.5 Å². The van der Waals surface area contributed by atoms with Gasteiger partial charge < -0.3 is 17.3 Å². The molecule has 4 aliphatic rings. The number of hydrogen-bond donors (Lipinski definition) is 0. The molecule has 0 aromatic carbocycles. The molecule has 3 nitrogen and oxygen atoms in total. The molecule has 1 radical (unpaired) electrons. The Kier molecular flexibility index (Phi) is 14.3. The molecule has 4 unspecified atom stereocenters. The minimum Gasteiger partial charge on any atom is -0.418 e. The molecule has 36 heavy (non-hydrogen) atoms. The SMILES string of the molecule is C1=C\CC/C=C\CC/1.CC1CCC(C)P1C1=C(P2C(C)CCC2C)C(=O)N(C)C1=O.F[B-](F)(F)F.[Rh]. The van der Waals surface area contributed by atoms with Crippen molar-refractivity contribution in [1.82, 2.24) is 4.90 Å². The van der Waals surface area contributed by atoms with E-state index in [1.807, 2.05) is 0 Å². The predicted octanol–water partition coefficient (Wildman–Crippen LogP) is 8.27. The summed E-state index contributed by atoms with van der Waals surface area (Å²) in [7, 11) is -5.26. The van der Waals surface area contributed by atoms with E-state index in [0.29, 0.717) is 22.6 Å². The summed E-state index contributed by atoms with van der Waals surface area (Å²) >= 11 is 0. The van der Waals surface area contributed by atoms with Gasteiger partial charge in [-0.2, -0.15) is 0 Å². The van der Waals surface area contributed by atoms with Crippen LogP contribution in [-0.4, -0.2) is 53.7 Å². The molecule has 11 heteroatoms. The molecule has 0 spiro atoms. The number of imide groups is 1. The maximum Gasteiger partial charge on any atom is 0.673 e. The Morgan fingerprint density at radius 2 is 0.889 bits per heavy atom. The molecule has 1 aliphatic carbocycles. The fourth-order valence-corrected chi connectivity index (χ4v) is 12.5. The second-order valence-electron chi connectivity index (χ2n) is 9.82. The number of rotatable bonds is 2. The second-order valence-corrected chi connectivity index (χ2v) is 15.9. The average Bonchev–Trinajstić information content (AvgIpc) is 3.30. The summed E-state index contributed by atoms with van der Waals surface area (Å²) < 4.78 is 39.0. The number of nitrogens with zero attached hydrogens (tertiary/aromatic N) is 1. The Morgan fingerprint density at radius 3 is 1.11 bits per heavy atom. The van der Waals surface area contributed by atoms with E-state index in [9.17, 15) is 26.9 Å². The molecule has 207 valence electrons. The van der Waals surface area contributed by atoms with Gasteiger partial charge in [-0.25, -0.2) is 0 Å². The standard InChI is InChI=1S/C17H27NO2P2.C8H12.BF4.Rh/c1-10-6-7-11(2)21(10)14-15(17(20)18(5)16(14)19)22-12(3)8-9-13(22)4;1-2-4-6-8-7-5-3-1;2-1(3,4)5;/h10-13H,6-9H2,1-5H3;1-2,7-8H,3-6H2;;/q;;-1;/b;2-1-,8-7-;;. The molecule has 2 saturated heterocycles. The van der Waals surface area contributed by atoms with Gasteiger partial charge in [-0.05, 0) is 74.0 Å². The maximum atomic E-state index is 12.8. The van der Waals surface area contributed by atoms with Crippen molar-refractivity contribution in [3.8, 4) is 0 Å². The molecular weight excluding hydrogens is 598 g/mol. The largest absolute Gasteiger partial charge is 0.673 e. The molecule has 0 saturated carbocycles. The van der Waals surface area contributed by atoms with Crippen LogP contribution in [-0.2, 0) is 29.1 Å². The van der Waals surface area contributed by atoms with Gasteiger partial charge in [-0.1, -0.05) is 67.8 Å². The van der Waals surface area contributed by atoms with Crippen molar-refractivity contribution in [3.05, 3.63) is 34.9 Å². The monoisotopic (exact) mass is 637 g/mol. The molecule has 4 atom stereocenters. The van der Waals surface area contributed by atoms with Gasteiger partial charge >= 0.3 is 7.25 Å². The first-order valence-corrected chi connectivity index (χ1v) is 15.6. The summed E-state index contributed by atoms with van der Waals surface area (Å²) in [5.41, 5.74) is 2.34. The van der Waals surface area contributed by atoms with Crippen LogP contribution < -0.4 is 0 Å². The summed E-state index contributed by atoms with van der Waals surface area (Å²) in [5, 5.41) is 1.96. The van der Waals surface area contributed by atoms with E-state index in [1.54, 1.807) is 7.05 Å².